The Kier molecular flexibility index (Phi) is 5.29. The van der Waals surface area contributed by atoms with Crippen molar-refractivity contribution in [3.63, 3.8) is 0 Å². The molecule has 0 saturated carbocycles. The Bertz CT molecular complexity index is 472. The number of nitro benzene ring substituents is 1. The molecule has 0 saturated heterocycles. The minimum atomic E-state index is -1.23. The zero-order chi connectivity index (χ0) is 14.4. The van der Waals surface area contributed by atoms with Gasteiger partial charge in [0.2, 0.25) is 0 Å². The molecule has 1 rings (SSSR count). The lowest BCUT2D eigenvalue weighted by Crippen LogP contribution is -2.11. The standard InChI is InChI=1S/C13H17NO5/c1-3-4-9(2)8-19-12-6-5-10(14(17)18)7-11(12)13(15)16/h5-7,9H,3-4,8H2,1-2H3,(H,15,16). The normalized spacial score (nSPS) is 11.9. The fourth-order valence-electron chi connectivity index (χ4n) is 1.73. The zero-order valence-corrected chi connectivity index (χ0v) is 11.0. The second kappa shape index (κ2) is 6.72. The molecule has 0 radical (unpaired) electrons. The van der Waals surface area contributed by atoms with Gasteiger partial charge in [-0.15, -0.1) is 0 Å². The maximum Gasteiger partial charge on any atom is 0.339 e. The van der Waals surface area contributed by atoms with Gasteiger partial charge in [-0.05, 0) is 18.4 Å². The van der Waals surface area contributed by atoms with Crippen molar-refractivity contribution in [1.82, 2.24) is 0 Å². The number of rotatable bonds is 7. The highest BCUT2D eigenvalue weighted by molar-refractivity contribution is 5.91. The molecule has 0 heterocycles. The van der Waals surface area contributed by atoms with Gasteiger partial charge in [-0.2, -0.15) is 0 Å². The number of benzene rings is 1. The van der Waals surface area contributed by atoms with Crippen molar-refractivity contribution in [3.05, 3.63) is 33.9 Å². The molecule has 1 unspecified atom stereocenters. The summed E-state index contributed by atoms with van der Waals surface area (Å²) in [6.45, 7) is 4.46. The molecule has 104 valence electrons. The molecule has 1 atom stereocenters. The summed E-state index contributed by atoms with van der Waals surface area (Å²) >= 11 is 0. The second-order valence-electron chi connectivity index (χ2n) is 4.45. The quantitative estimate of drug-likeness (QED) is 0.605. The molecule has 0 aliphatic carbocycles. The fraction of sp³-hybridized carbons (Fsp3) is 0.462. The van der Waals surface area contributed by atoms with Gasteiger partial charge in [0.15, 0.2) is 0 Å². The maximum absolute atomic E-state index is 11.1. The summed E-state index contributed by atoms with van der Waals surface area (Å²) in [5.41, 5.74) is -0.441. The molecule has 0 aliphatic rings. The molecule has 1 aromatic rings. The molecule has 1 aromatic carbocycles. The molecule has 0 amide bonds. The van der Waals surface area contributed by atoms with Crippen LogP contribution in [0.15, 0.2) is 18.2 Å². The first kappa shape index (κ1) is 14.9. The minimum Gasteiger partial charge on any atom is -0.492 e. The minimum absolute atomic E-state index is 0.168. The number of carboxylic acid groups (broad SMARTS) is 1. The van der Waals surface area contributed by atoms with Gasteiger partial charge in [0.05, 0.1) is 11.5 Å². The number of carbonyl (C=O) groups is 1. The summed E-state index contributed by atoms with van der Waals surface area (Å²) in [6, 6.07) is 3.59. The van der Waals surface area contributed by atoms with E-state index in [-0.39, 0.29) is 17.0 Å². The molecule has 19 heavy (non-hydrogen) atoms. The fourth-order valence-corrected chi connectivity index (χ4v) is 1.73. The van der Waals surface area contributed by atoms with Gasteiger partial charge >= 0.3 is 5.97 Å². The van der Waals surface area contributed by atoms with Crippen molar-refractivity contribution < 1.29 is 19.6 Å². The highest BCUT2D eigenvalue weighted by atomic mass is 16.6. The van der Waals surface area contributed by atoms with Crippen molar-refractivity contribution in [1.29, 1.82) is 0 Å². The third kappa shape index (κ3) is 4.24. The maximum atomic E-state index is 11.1. The smallest absolute Gasteiger partial charge is 0.339 e. The Morgan fingerprint density at radius 1 is 1.53 bits per heavy atom. The molecule has 6 nitrogen and oxygen atoms in total. The molecule has 0 spiro atoms. The van der Waals surface area contributed by atoms with E-state index in [1.54, 1.807) is 0 Å². The van der Waals surface area contributed by atoms with Crippen LogP contribution in [-0.4, -0.2) is 22.6 Å². The van der Waals surface area contributed by atoms with E-state index in [1.165, 1.54) is 12.1 Å². The lowest BCUT2D eigenvalue weighted by atomic mass is 10.1. The van der Waals surface area contributed by atoms with Crippen molar-refractivity contribution in [2.45, 2.75) is 26.7 Å². The monoisotopic (exact) mass is 267 g/mol. The highest BCUT2D eigenvalue weighted by Crippen LogP contribution is 2.25. The van der Waals surface area contributed by atoms with Gasteiger partial charge in [-0.1, -0.05) is 20.3 Å². The van der Waals surface area contributed by atoms with Crippen molar-refractivity contribution >= 4 is 11.7 Å². The van der Waals surface area contributed by atoms with Crippen molar-refractivity contribution in [3.8, 4) is 5.75 Å². The predicted octanol–water partition coefficient (Wildman–Crippen LogP) is 3.11. The van der Waals surface area contributed by atoms with Gasteiger partial charge in [-0.25, -0.2) is 4.79 Å². The number of ether oxygens (including phenoxy) is 1. The van der Waals surface area contributed by atoms with Gasteiger partial charge in [-0.3, -0.25) is 10.1 Å². The molecule has 1 N–H and O–H groups in total. The molecule has 0 fully saturated rings. The number of non-ortho nitro benzene ring substituents is 1. The predicted molar refractivity (Wildman–Crippen MR) is 69.6 cm³/mol. The molecular weight excluding hydrogens is 250 g/mol. The van der Waals surface area contributed by atoms with E-state index >= 15 is 0 Å². The highest BCUT2D eigenvalue weighted by Gasteiger charge is 2.17. The van der Waals surface area contributed by atoms with Gasteiger partial charge in [0, 0.05) is 12.1 Å². The Balaban J connectivity index is 2.88. The van der Waals surface area contributed by atoms with Crippen LogP contribution in [0.5, 0.6) is 5.75 Å². The summed E-state index contributed by atoms with van der Waals surface area (Å²) < 4.78 is 5.44. The summed E-state index contributed by atoms with van der Waals surface area (Å²) in [6.07, 6.45) is 2.01. The van der Waals surface area contributed by atoms with Crippen LogP contribution >= 0.6 is 0 Å². The first-order valence-corrected chi connectivity index (χ1v) is 6.10. The van der Waals surface area contributed by atoms with Gasteiger partial charge in [0.1, 0.15) is 11.3 Å². The number of nitrogens with zero attached hydrogens (tertiary/aromatic N) is 1. The van der Waals surface area contributed by atoms with E-state index in [1.807, 2.05) is 6.92 Å². The largest absolute Gasteiger partial charge is 0.492 e. The van der Waals surface area contributed by atoms with Crippen LogP contribution < -0.4 is 4.74 Å². The van der Waals surface area contributed by atoms with Crippen molar-refractivity contribution in [2.24, 2.45) is 5.92 Å². The number of aromatic carboxylic acids is 1. The SMILES string of the molecule is CCCC(C)COc1ccc([N+](=O)[O-])cc1C(=O)O. The van der Waals surface area contributed by atoms with E-state index in [4.69, 9.17) is 9.84 Å². The van der Waals surface area contributed by atoms with Crippen molar-refractivity contribution in [2.75, 3.05) is 6.61 Å². The number of hydrogen-bond acceptors (Lipinski definition) is 4. The molecule has 0 bridgehead atoms. The van der Waals surface area contributed by atoms with Crippen LogP contribution in [-0.2, 0) is 0 Å². The number of carboxylic acids is 1. The topological polar surface area (TPSA) is 89.7 Å². The van der Waals surface area contributed by atoms with Gasteiger partial charge < -0.3 is 9.84 Å². The molecular formula is C13H17NO5. The van der Waals surface area contributed by atoms with Gasteiger partial charge in [0.25, 0.3) is 5.69 Å². The number of hydrogen-bond donors (Lipinski definition) is 1. The second-order valence-corrected chi connectivity index (χ2v) is 4.45. The van der Waals surface area contributed by atoms with E-state index in [0.717, 1.165) is 18.9 Å². The average molecular weight is 267 g/mol. The first-order valence-electron chi connectivity index (χ1n) is 6.10. The van der Waals surface area contributed by atoms with Crippen LogP contribution in [0.4, 0.5) is 5.69 Å². The summed E-state index contributed by atoms with van der Waals surface area (Å²) in [5, 5.41) is 19.6. The van der Waals surface area contributed by atoms with Crippen LogP contribution in [0.2, 0.25) is 0 Å². The van der Waals surface area contributed by atoms with Crippen LogP contribution in [0.25, 0.3) is 0 Å². The van der Waals surface area contributed by atoms with E-state index < -0.39 is 10.9 Å². The summed E-state index contributed by atoms with van der Waals surface area (Å²) in [5.74, 6) is -0.760. The third-order valence-corrected chi connectivity index (χ3v) is 2.71. The van der Waals surface area contributed by atoms with E-state index in [9.17, 15) is 14.9 Å². The van der Waals surface area contributed by atoms with Crippen LogP contribution in [0.3, 0.4) is 0 Å². The summed E-state index contributed by atoms with van der Waals surface area (Å²) in [4.78, 5) is 21.0. The first-order chi connectivity index (χ1) is 8.95. The number of nitro groups is 1. The van der Waals surface area contributed by atoms with E-state index in [0.29, 0.717) is 12.5 Å². The Morgan fingerprint density at radius 2 is 2.21 bits per heavy atom. The average Bonchev–Trinajstić information content (AvgIpc) is 2.36. The summed E-state index contributed by atoms with van der Waals surface area (Å²) in [7, 11) is 0. The Morgan fingerprint density at radius 3 is 2.74 bits per heavy atom. The third-order valence-electron chi connectivity index (χ3n) is 2.71. The Hall–Kier alpha value is -2.11. The lowest BCUT2D eigenvalue weighted by Gasteiger charge is -2.13. The van der Waals surface area contributed by atoms with Crippen LogP contribution in [0, 0.1) is 16.0 Å². The Labute approximate surface area is 111 Å². The van der Waals surface area contributed by atoms with E-state index in [2.05, 4.69) is 6.92 Å². The molecule has 6 heteroatoms. The lowest BCUT2D eigenvalue weighted by molar-refractivity contribution is -0.384. The zero-order valence-electron chi connectivity index (χ0n) is 11.0. The van der Waals surface area contributed by atoms with Crippen LogP contribution in [0.1, 0.15) is 37.0 Å². The molecule has 0 aliphatic heterocycles. The molecule has 0 aromatic heterocycles.